The predicted octanol–water partition coefficient (Wildman–Crippen LogP) is 5.36. The second-order valence-corrected chi connectivity index (χ2v) is 8.36. The maximum atomic E-state index is 13.0. The molecule has 0 aromatic heterocycles. The van der Waals surface area contributed by atoms with Crippen LogP contribution in [0.25, 0.3) is 0 Å². The number of benzene rings is 1. The minimum atomic E-state index is 0.181. The summed E-state index contributed by atoms with van der Waals surface area (Å²) in [5, 5.41) is 0.348. The fraction of sp³-hybridized carbons (Fsp3) is 0.550. The average Bonchev–Trinajstić information content (AvgIpc) is 2.58. The van der Waals surface area contributed by atoms with Gasteiger partial charge in [0.15, 0.2) is 0 Å². The van der Waals surface area contributed by atoms with E-state index >= 15 is 0 Å². The Morgan fingerprint density at radius 3 is 2.59 bits per heavy atom. The molecular formula is C20H26OS. The van der Waals surface area contributed by atoms with Gasteiger partial charge in [0.2, 0.25) is 0 Å². The highest BCUT2D eigenvalue weighted by molar-refractivity contribution is 8.00. The Kier molecular flexibility index (Phi) is 4.77. The first-order chi connectivity index (χ1) is 10.6. The van der Waals surface area contributed by atoms with Gasteiger partial charge in [0.1, 0.15) is 5.78 Å². The van der Waals surface area contributed by atoms with E-state index < -0.39 is 0 Å². The van der Waals surface area contributed by atoms with Crippen molar-refractivity contribution in [2.75, 3.05) is 0 Å². The highest BCUT2D eigenvalue weighted by atomic mass is 32.2. The van der Waals surface area contributed by atoms with Crippen molar-refractivity contribution in [2.45, 2.75) is 50.2 Å². The number of hydrogen-bond acceptors (Lipinski definition) is 2. The molecule has 0 radical (unpaired) electrons. The Balaban J connectivity index is 1.95. The van der Waals surface area contributed by atoms with Gasteiger partial charge >= 0.3 is 0 Å². The summed E-state index contributed by atoms with van der Waals surface area (Å²) in [7, 11) is 0. The van der Waals surface area contributed by atoms with Crippen molar-refractivity contribution in [1.29, 1.82) is 0 Å². The molecule has 2 bridgehead atoms. The molecule has 2 aliphatic carbocycles. The molecule has 2 heteroatoms. The molecule has 0 saturated heterocycles. The SMILES string of the molecule is CC(C)[C@@H]1CCC2=CC[C@@H](C)C(=O)[C@H]1[C@@H]2Sc1ccccc1. The summed E-state index contributed by atoms with van der Waals surface area (Å²) in [6.07, 6.45) is 5.66. The van der Waals surface area contributed by atoms with Crippen molar-refractivity contribution < 1.29 is 4.79 Å². The number of carbonyl (C=O) groups is 1. The van der Waals surface area contributed by atoms with Crippen LogP contribution in [-0.4, -0.2) is 11.0 Å². The van der Waals surface area contributed by atoms with Crippen molar-refractivity contribution in [3.8, 4) is 0 Å². The summed E-state index contributed by atoms with van der Waals surface area (Å²) in [6.45, 7) is 6.68. The quantitative estimate of drug-likeness (QED) is 0.698. The Morgan fingerprint density at radius 2 is 1.91 bits per heavy atom. The van der Waals surface area contributed by atoms with Crippen LogP contribution in [0.15, 0.2) is 46.9 Å². The van der Waals surface area contributed by atoms with E-state index in [4.69, 9.17) is 0 Å². The van der Waals surface area contributed by atoms with E-state index in [1.165, 1.54) is 23.3 Å². The number of ketones is 1. The van der Waals surface area contributed by atoms with Gasteiger partial charge < -0.3 is 0 Å². The van der Waals surface area contributed by atoms with E-state index in [-0.39, 0.29) is 11.8 Å². The Labute approximate surface area is 138 Å². The van der Waals surface area contributed by atoms with E-state index in [9.17, 15) is 4.79 Å². The van der Waals surface area contributed by atoms with E-state index in [0.717, 1.165) is 6.42 Å². The number of Topliss-reactive ketones (excluding diaryl/α,β-unsaturated/α-hetero) is 1. The molecule has 3 rings (SSSR count). The van der Waals surface area contributed by atoms with Gasteiger partial charge in [-0.2, -0.15) is 0 Å². The summed E-state index contributed by atoms with van der Waals surface area (Å²) < 4.78 is 0. The Bertz CT molecular complexity index is 560. The normalized spacial score (nSPS) is 31.8. The van der Waals surface area contributed by atoms with Crippen LogP contribution in [-0.2, 0) is 4.79 Å². The van der Waals surface area contributed by atoms with Crippen LogP contribution in [0.1, 0.15) is 40.0 Å². The predicted molar refractivity (Wildman–Crippen MR) is 94.0 cm³/mol. The first-order valence-electron chi connectivity index (χ1n) is 8.52. The third-order valence-corrected chi connectivity index (χ3v) is 6.72. The number of carbonyl (C=O) groups excluding carboxylic acids is 1. The van der Waals surface area contributed by atoms with Gasteiger partial charge in [0.25, 0.3) is 0 Å². The zero-order valence-corrected chi connectivity index (χ0v) is 14.6. The Morgan fingerprint density at radius 1 is 1.18 bits per heavy atom. The molecule has 0 aliphatic heterocycles. The van der Waals surface area contributed by atoms with Gasteiger partial charge in [0, 0.05) is 22.0 Å². The van der Waals surface area contributed by atoms with Crippen LogP contribution in [0.2, 0.25) is 0 Å². The smallest absolute Gasteiger partial charge is 0.140 e. The molecule has 0 N–H and O–H groups in total. The van der Waals surface area contributed by atoms with Gasteiger partial charge in [0.05, 0.1) is 0 Å². The summed E-state index contributed by atoms with van der Waals surface area (Å²) in [5.74, 6) is 1.99. The lowest BCUT2D eigenvalue weighted by atomic mass is 9.69. The highest BCUT2D eigenvalue weighted by Crippen LogP contribution is 2.48. The Hall–Kier alpha value is -1.02. The van der Waals surface area contributed by atoms with Crippen molar-refractivity contribution in [1.82, 2.24) is 0 Å². The lowest BCUT2D eigenvalue weighted by molar-refractivity contribution is -0.128. The number of thioether (sulfide) groups is 1. The minimum Gasteiger partial charge on any atom is -0.299 e. The summed E-state index contributed by atoms with van der Waals surface area (Å²) in [5.41, 5.74) is 1.52. The van der Waals surface area contributed by atoms with Crippen molar-refractivity contribution in [2.24, 2.45) is 23.7 Å². The fourth-order valence-electron chi connectivity index (χ4n) is 4.00. The topological polar surface area (TPSA) is 17.1 Å². The van der Waals surface area contributed by atoms with E-state index in [1.807, 2.05) is 11.8 Å². The fourth-order valence-corrected chi connectivity index (χ4v) is 5.46. The molecule has 1 saturated carbocycles. The summed E-state index contributed by atoms with van der Waals surface area (Å²) in [6, 6.07) is 10.6. The monoisotopic (exact) mass is 314 g/mol. The molecule has 0 heterocycles. The maximum Gasteiger partial charge on any atom is 0.140 e. The molecule has 1 fully saturated rings. The zero-order valence-electron chi connectivity index (χ0n) is 13.8. The molecule has 118 valence electrons. The van der Waals surface area contributed by atoms with Gasteiger partial charge in [-0.15, -0.1) is 11.8 Å². The third kappa shape index (κ3) is 3.03. The standard InChI is InChI=1S/C20H26OS/c1-13(2)17-12-11-15-10-9-14(3)19(21)18(17)20(15)22-16-7-5-4-6-8-16/h4-8,10,13-14,17-18,20H,9,11-12H2,1-3H3/t14-,17+,18+,20-/m1/s1. The van der Waals surface area contributed by atoms with Crippen molar-refractivity contribution >= 4 is 17.5 Å². The minimum absolute atomic E-state index is 0.181. The molecule has 0 unspecified atom stereocenters. The second kappa shape index (κ2) is 6.62. The lowest BCUT2D eigenvalue weighted by Gasteiger charge is -2.40. The largest absolute Gasteiger partial charge is 0.299 e. The molecular weight excluding hydrogens is 288 g/mol. The van der Waals surface area contributed by atoms with Crippen LogP contribution in [0, 0.1) is 23.7 Å². The van der Waals surface area contributed by atoms with E-state index in [0.29, 0.717) is 22.9 Å². The average molecular weight is 314 g/mol. The summed E-state index contributed by atoms with van der Waals surface area (Å²) in [4.78, 5) is 14.3. The van der Waals surface area contributed by atoms with Crippen molar-refractivity contribution in [3.05, 3.63) is 42.0 Å². The number of hydrogen-bond donors (Lipinski definition) is 0. The number of allylic oxidation sites excluding steroid dienone is 1. The lowest BCUT2D eigenvalue weighted by Crippen LogP contribution is -2.40. The van der Waals surface area contributed by atoms with E-state index in [1.54, 1.807) is 0 Å². The van der Waals surface area contributed by atoms with Crippen LogP contribution in [0.3, 0.4) is 0 Å². The van der Waals surface area contributed by atoms with Crippen LogP contribution < -0.4 is 0 Å². The molecule has 22 heavy (non-hydrogen) atoms. The zero-order chi connectivity index (χ0) is 15.7. The van der Waals surface area contributed by atoms with Crippen LogP contribution >= 0.6 is 11.8 Å². The molecule has 1 aromatic carbocycles. The first-order valence-corrected chi connectivity index (χ1v) is 9.40. The molecule has 0 amide bonds. The molecule has 1 aromatic rings. The van der Waals surface area contributed by atoms with Crippen LogP contribution in [0.4, 0.5) is 0 Å². The molecule has 0 spiro atoms. The maximum absolute atomic E-state index is 13.0. The summed E-state index contributed by atoms with van der Waals surface area (Å²) >= 11 is 1.91. The van der Waals surface area contributed by atoms with Gasteiger partial charge in [-0.05, 0) is 43.2 Å². The van der Waals surface area contributed by atoms with E-state index in [2.05, 4.69) is 57.2 Å². The molecule has 1 nitrogen and oxygen atoms in total. The number of rotatable bonds is 3. The molecule has 2 aliphatic rings. The third-order valence-electron chi connectivity index (χ3n) is 5.33. The second-order valence-electron chi connectivity index (χ2n) is 7.14. The van der Waals surface area contributed by atoms with Gasteiger partial charge in [-0.1, -0.05) is 50.6 Å². The van der Waals surface area contributed by atoms with Gasteiger partial charge in [-0.3, -0.25) is 4.79 Å². The first kappa shape index (κ1) is 15.9. The highest BCUT2D eigenvalue weighted by Gasteiger charge is 2.44. The number of fused-ring (bicyclic) bond motifs is 2. The van der Waals surface area contributed by atoms with Crippen molar-refractivity contribution in [3.63, 3.8) is 0 Å². The van der Waals surface area contributed by atoms with Gasteiger partial charge in [-0.25, -0.2) is 0 Å². The molecule has 4 atom stereocenters. The van der Waals surface area contributed by atoms with Crippen LogP contribution in [0.5, 0.6) is 0 Å².